The van der Waals surface area contributed by atoms with E-state index in [-0.39, 0.29) is 50.6 Å². The molecule has 0 heterocycles. The predicted molar refractivity (Wildman–Crippen MR) is 302 cm³/mol. The molecule has 0 saturated carbocycles. The number of carbonyl (C=O) groups is 2. The van der Waals surface area contributed by atoms with E-state index in [1.165, 1.54) is 309 Å². The van der Waals surface area contributed by atoms with Crippen LogP contribution in [0.4, 0.5) is 0 Å². The fourth-order valence-electron chi connectivity index (χ4n) is 9.88. The molecule has 0 amide bonds. The molecule has 0 aliphatic heterocycles. The van der Waals surface area contributed by atoms with Crippen LogP contribution in [0.2, 0.25) is 0 Å². The Kier molecular flexibility index (Phi) is 70.3. The van der Waals surface area contributed by atoms with Crippen molar-refractivity contribution in [2.24, 2.45) is 0 Å². The first-order valence-corrected chi connectivity index (χ1v) is 31.2. The van der Waals surface area contributed by atoms with E-state index in [4.69, 9.17) is 0 Å². The number of hydrogen-bond donors (Lipinski definition) is 0. The van der Waals surface area contributed by atoms with Crippen LogP contribution >= 0.6 is 0 Å². The maximum Gasteiger partial charge on any atom is 2.00 e. The molecule has 0 aliphatic rings. The zero-order valence-electron chi connectivity index (χ0n) is 47.8. The summed E-state index contributed by atoms with van der Waals surface area (Å²) in [6.45, 7) is 16.0. The first-order chi connectivity index (χ1) is 33.4. The van der Waals surface area contributed by atoms with Gasteiger partial charge in [0.05, 0.1) is 0 Å². The third kappa shape index (κ3) is 68.1. The van der Waals surface area contributed by atoms with Crippen LogP contribution in [0.3, 0.4) is 0 Å². The van der Waals surface area contributed by atoms with Crippen LogP contribution in [0.5, 0.6) is 0 Å². The molecule has 0 fully saturated rings. The molecule has 0 spiro atoms. The summed E-state index contributed by atoms with van der Waals surface area (Å²) < 4.78 is 0. The Morgan fingerprint density at radius 3 is 0.507 bits per heavy atom. The van der Waals surface area contributed by atoms with E-state index in [2.05, 4.69) is 37.5 Å². The summed E-state index contributed by atoms with van der Waals surface area (Å²) in [7, 11) is 0. The summed E-state index contributed by atoms with van der Waals surface area (Å²) in [6.07, 6.45) is 65.1. The van der Waals surface area contributed by atoms with Gasteiger partial charge in [0.1, 0.15) is 0 Å². The SMILES string of the molecule is CCCCCCCCCCCCCN(CCCCCCCCCCCCC)CCCCC(=O)[O-].CCCCCCCCCCCCCN(CCCCCCCCCCCCC)CCCCC(=O)[O-].[Ca+2]. The number of aliphatic carboxylic acids is 2. The van der Waals surface area contributed by atoms with Crippen LogP contribution in [-0.2, 0) is 9.59 Å². The molecule has 0 aromatic carbocycles. The fourth-order valence-corrected chi connectivity index (χ4v) is 9.88. The van der Waals surface area contributed by atoms with Crippen LogP contribution < -0.4 is 10.2 Å². The van der Waals surface area contributed by atoms with Gasteiger partial charge in [-0.3, -0.25) is 0 Å². The van der Waals surface area contributed by atoms with Crippen molar-refractivity contribution in [3.8, 4) is 0 Å². The molecular formula is C62H124CaN2O4. The topological polar surface area (TPSA) is 86.7 Å². The quantitative estimate of drug-likeness (QED) is 0.0446. The van der Waals surface area contributed by atoms with Gasteiger partial charge in [0.2, 0.25) is 0 Å². The molecule has 0 saturated heterocycles. The molecule has 0 radical (unpaired) electrons. The van der Waals surface area contributed by atoms with E-state index in [9.17, 15) is 19.8 Å². The average Bonchev–Trinajstić information content (AvgIpc) is 3.33. The number of rotatable bonds is 58. The van der Waals surface area contributed by atoms with Crippen molar-refractivity contribution in [3.63, 3.8) is 0 Å². The van der Waals surface area contributed by atoms with E-state index in [0.717, 1.165) is 38.8 Å². The standard InChI is InChI=1S/2C31H63NO2.Ca/c2*1-3-5-7-9-11-13-15-17-19-21-24-28-32(30-26-23-27-31(33)34)29-25-22-20-18-16-14-12-10-8-6-4-2;/h2*3-30H2,1-2H3,(H,33,34);/q;;+2/p-2. The molecule has 0 rings (SSSR count). The van der Waals surface area contributed by atoms with Crippen molar-refractivity contribution in [3.05, 3.63) is 0 Å². The smallest absolute Gasteiger partial charge is 0.550 e. The fraction of sp³-hybridized carbons (Fsp3) is 0.968. The molecular weight excluding hydrogens is 877 g/mol. The normalized spacial score (nSPS) is 11.3. The number of hydrogen-bond acceptors (Lipinski definition) is 6. The molecule has 0 N–H and O–H groups in total. The second kappa shape index (κ2) is 66.1. The predicted octanol–water partition coefficient (Wildman–Crippen LogP) is 17.3. The summed E-state index contributed by atoms with van der Waals surface area (Å²) in [5, 5.41) is 21.4. The van der Waals surface area contributed by atoms with Crippen molar-refractivity contribution < 1.29 is 19.8 Å². The number of unbranched alkanes of at least 4 members (excludes halogenated alkanes) is 42. The molecule has 7 heteroatoms. The number of nitrogens with zero attached hydrogens (tertiary/aromatic N) is 2. The van der Waals surface area contributed by atoms with Gasteiger partial charge in [-0.1, -0.05) is 285 Å². The van der Waals surface area contributed by atoms with Crippen molar-refractivity contribution >= 4 is 49.7 Å². The third-order valence-corrected chi connectivity index (χ3v) is 14.5. The van der Waals surface area contributed by atoms with Crippen LogP contribution in [0.1, 0.15) is 349 Å². The monoisotopic (exact) mass is 1000 g/mol. The van der Waals surface area contributed by atoms with Gasteiger partial charge < -0.3 is 29.6 Å². The Hall–Kier alpha value is 0.120. The molecule has 0 aromatic heterocycles. The molecule has 0 aliphatic carbocycles. The minimum Gasteiger partial charge on any atom is -0.550 e. The van der Waals surface area contributed by atoms with E-state index >= 15 is 0 Å². The molecule has 0 bridgehead atoms. The van der Waals surface area contributed by atoms with Crippen molar-refractivity contribution in [1.82, 2.24) is 9.80 Å². The van der Waals surface area contributed by atoms with E-state index in [0.29, 0.717) is 0 Å². The van der Waals surface area contributed by atoms with Gasteiger partial charge in [0.25, 0.3) is 0 Å². The zero-order valence-corrected chi connectivity index (χ0v) is 50.0. The Balaban J connectivity index is -0.00000124. The molecule has 408 valence electrons. The van der Waals surface area contributed by atoms with E-state index in [1.54, 1.807) is 0 Å². The van der Waals surface area contributed by atoms with Gasteiger partial charge in [-0.2, -0.15) is 0 Å². The first-order valence-electron chi connectivity index (χ1n) is 31.2. The number of carboxylic acid groups (broad SMARTS) is 2. The van der Waals surface area contributed by atoms with Crippen LogP contribution in [-0.4, -0.2) is 98.7 Å². The molecule has 0 unspecified atom stereocenters. The molecule has 6 nitrogen and oxygen atoms in total. The third-order valence-electron chi connectivity index (χ3n) is 14.5. The van der Waals surface area contributed by atoms with Gasteiger partial charge in [-0.15, -0.1) is 0 Å². The van der Waals surface area contributed by atoms with Crippen molar-refractivity contribution in [1.29, 1.82) is 0 Å². The van der Waals surface area contributed by atoms with Gasteiger partial charge in [0.15, 0.2) is 0 Å². The Morgan fingerprint density at radius 1 is 0.232 bits per heavy atom. The van der Waals surface area contributed by atoms with Crippen molar-refractivity contribution in [2.75, 3.05) is 39.3 Å². The zero-order chi connectivity index (χ0) is 49.9. The Labute approximate surface area is 464 Å². The largest absolute Gasteiger partial charge is 2.00 e. The Bertz CT molecular complexity index is 827. The van der Waals surface area contributed by atoms with E-state index in [1.807, 2.05) is 0 Å². The number of carbonyl (C=O) groups excluding carboxylic acids is 2. The van der Waals surface area contributed by atoms with E-state index < -0.39 is 11.9 Å². The first kappa shape index (κ1) is 73.4. The van der Waals surface area contributed by atoms with Gasteiger partial charge in [-0.05, 0) is 103 Å². The summed E-state index contributed by atoms with van der Waals surface area (Å²) in [6, 6.07) is 0. The summed E-state index contributed by atoms with van der Waals surface area (Å²) in [5.41, 5.74) is 0. The molecule has 69 heavy (non-hydrogen) atoms. The van der Waals surface area contributed by atoms with Gasteiger partial charge in [0, 0.05) is 11.9 Å². The van der Waals surface area contributed by atoms with Crippen LogP contribution in [0.15, 0.2) is 0 Å². The van der Waals surface area contributed by atoms with Crippen LogP contribution in [0.25, 0.3) is 0 Å². The second-order valence-corrected chi connectivity index (χ2v) is 21.5. The molecule has 0 aromatic rings. The maximum atomic E-state index is 10.7. The minimum atomic E-state index is -0.901. The summed E-state index contributed by atoms with van der Waals surface area (Å²) in [4.78, 5) is 26.6. The molecule has 0 atom stereocenters. The minimum absolute atomic E-state index is 0. The summed E-state index contributed by atoms with van der Waals surface area (Å²) in [5.74, 6) is -1.80. The average molecular weight is 1000 g/mol. The maximum absolute atomic E-state index is 10.7. The second-order valence-electron chi connectivity index (χ2n) is 21.5. The number of carboxylic acids is 2. The van der Waals surface area contributed by atoms with Crippen LogP contribution in [0, 0.1) is 0 Å². The van der Waals surface area contributed by atoms with Gasteiger partial charge in [-0.25, -0.2) is 0 Å². The summed E-state index contributed by atoms with van der Waals surface area (Å²) >= 11 is 0. The van der Waals surface area contributed by atoms with Crippen molar-refractivity contribution in [2.45, 2.75) is 349 Å². The van der Waals surface area contributed by atoms with Gasteiger partial charge >= 0.3 is 37.7 Å². The Morgan fingerprint density at radius 2 is 0.362 bits per heavy atom.